The van der Waals surface area contributed by atoms with Crippen LogP contribution in [0.5, 0.6) is 0 Å². The number of aromatic nitrogens is 4. The molecule has 3 aromatic rings. The average molecular weight is 395 g/mol. The Kier molecular flexibility index (Phi) is 6.78. The lowest BCUT2D eigenvalue weighted by Gasteiger charge is -2.06. The normalized spacial score (nSPS) is 10.7. The van der Waals surface area contributed by atoms with Gasteiger partial charge in [-0.1, -0.05) is 31.9 Å². The van der Waals surface area contributed by atoms with Gasteiger partial charge in [-0.3, -0.25) is 9.59 Å². The first kappa shape index (κ1) is 20.3. The molecule has 0 saturated carbocycles. The number of ketones is 1. The minimum atomic E-state index is -0.396. The molecule has 8 heteroatoms. The van der Waals surface area contributed by atoms with Crippen molar-refractivity contribution in [1.29, 1.82) is 0 Å². The highest BCUT2D eigenvalue weighted by atomic mass is 19.1. The van der Waals surface area contributed by atoms with Gasteiger partial charge in [0.1, 0.15) is 12.4 Å². The molecule has 0 aliphatic heterocycles. The number of rotatable bonds is 9. The maximum atomic E-state index is 13.3. The van der Waals surface area contributed by atoms with E-state index in [0.29, 0.717) is 23.2 Å². The number of nitrogens with zero attached hydrogens (tertiary/aromatic N) is 4. The highest BCUT2D eigenvalue weighted by Gasteiger charge is 2.12. The van der Waals surface area contributed by atoms with Crippen LogP contribution >= 0.6 is 0 Å². The molecule has 0 fully saturated rings. The van der Waals surface area contributed by atoms with Crippen molar-refractivity contribution in [1.82, 2.24) is 20.2 Å². The lowest BCUT2D eigenvalue weighted by atomic mass is 10.1. The smallest absolute Gasteiger partial charge is 0.224 e. The van der Waals surface area contributed by atoms with Gasteiger partial charge in [-0.25, -0.2) is 4.39 Å². The second kappa shape index (κ2) is 9.68. The van der Waals surface area contributed by atoms with Crippen LogP contribution in [0.4, 0.5) is 10.1 Å². The summed E-state index contributed by atoms with van der Waals surface area (Å²) in [5, 5.41) is 14.7. The topological polar surface area (TPSA) is 89.8 Å². The minimum absolute atomic E-state index is 0.0331. The molecule has 0 radical (unpaired) electrons. The van der Waals surface area contributed by atoms with Crippen LogP contribution in [0.25, 0.3) is 11.4 Å². The van der Waals surface area contributed by atoms with Crippen LogP contribution in [-0.2, 0) is 11.3 Å². The molecular weight excluding hydrogens is 373 g/mol. The molecule has 3 rings (SSSR count). The van der Waals surface area contributed by atoms with Crippen LogP contribution in [-0.4, -0.2) is 31.9 Å². The van der Waals surface area contributed by atoms with Gasteiger partial charge in [0.2, 0.25) is 11.7 Å². The molecule has 0 bridgehead atoms. The lowest BCUT2D eigenvalue weighted by Crippen LogP contribution is -2.14. The third-order valence-corrected chi connectivity index (χ3v) is 4.32. The van der Waals surface area contributed by atoms with E-state index in [1.54, 1.807) is 36.4 Å². The van der Waals surface area contributed by atoms with Crippen LogP contribution < -0.4 is 5.32 Å². The van der Waals surface area contributed by atoms with Crippen LogP contribution in [0.3, 0.4) is 0 Å². The first-order valence-electron chi connectivity index (χ1n) is 9.52. The Labute approximate surface area is 167 Å². The maximum Gasteiger partial charge on any atom is 0.224 e. The van der Waals surface area contributed by atoms with Crippen molar-refractivity contribution in [3.8, 4) is 11.4 Å². The molecule has 29 heavy (non-hydrogen) atoms. The minimum Gasteiger partial charge on any atom is -0.326 e. The molecule has 1 heterocycles. The quantitative estimate of drug-likeness (QED) is 0.439. The van der Waals surface area contributed by atoms with Gasteiger partial charge in [0.25, 0.3) is 0 Å². The van der Waals surface area contributed by atoms with Gasteiger partial charge < -0.3 is 5.32 Å². The summed E-state index contributed by atoms with van der Waals surface area (Å²) in [4.78, 5) is 25.5. The Morgan fingerprint density at radius 3 is 2.62 bits per heavy atom. The summed E-state index contributed by atoms with van der Waals surface area (Å²) in [5.41, 5.74) is 1.61. The van der Waals surface area contributed by atoms with E-state index >= 15 is 0 Å². The number of amides is 1. The van der Waals surface area contributed by atoms with E-state index in [2.05, 4.69) is 27.7 Å². The molecule has 7 nitrogen and oxygen atoms in total. The van der Waals surface area contributed by atoms with Crippen LogP contribution in [0.15, 0.2) is 48.5 Å². The number of Topliss-reactive ketones (excluding diaryl/α,β-unsaturated/α-hetero) is 1. The third-order valence-electron chi connectivity index (χ3n) is 4.32. The molecule has 150 valence electrons. The van der Waals surface area contributed by atoms with Gasteiger partial charge in [-0.2, -0.15) is 4.80 Å². The van der Waals surface area contributed by atoms with Gasteiger partial charge in [-0.15, -0.1) is 10.2 Å². The first-order valence-corrected chi connectivity index (χ1v) is 9.52. The van der Waals surface area contributed by atoms with Crippen molar-refractivity contribution in [2.75, 3.05) is 5.32 Å². The fourth-order valence-electron chi connectivity index (χ4n) is 2.77. The molecule has 0 aliphatic carbocycles. The second-order valence-electron chi connectivity index (χ2n) is 6.66. The van der Waals surface area contributed by atoms with Gasteiger partial charge in [0.05, 0.1) is 0 Å². The predicted octanol–water partition coefficient (Wildman–Crippen LogP) is 3.88. The number of tetrazole rings is 1. The summed E-state index contributed by atoms with van der Waals surface area (Å²) in [5.74, 6) is -0.380. The highest BCUT2D eigenvalue weighted by molar-refractivity contribution is 5.97. The van der Waals surface area contributed by atoms with E-state index in [1.807, 2.05) is 0 Å². The standard InChI is InChI=1S/C21H22FN5O2/c1-2-3-4-8-20(29)23-18-11-9-15(10-12-18)19(28)14-27-25-21(24-26-27)16-6-5-7-17(22)13-16/h5-7,9-13H,2-4,8,14H2,1H3,(H,23,29). The number of hydrogen-bond donors (Lipinski definition) is 1. The van der Waals surface area contributed by atoms with E-state index in [4.69, 9.17) is 0 Å². The summed E-state index contributed by atoms with van der Waals surface area (Å²) in [6, 6.07) is 12.5. The summed E-state index contributed by atoms with van der Waals surface area (Å²) >= 11 is 0. The fourth-order valence-corrected chi connectivity index (χ4v) is 2.77. The van der Waals surface area contributed by atoms with E-state index < -0.39 is 5.82 Å². The van der Waals surface area contributed by atoms with Crippen molar-refractivity contribution in [3.63, 3.8) is 0 Å². The van der Waals surface area contributed by atoms with Gasteiger partial charge in [-0.05, 0) is 48.0 Å². The number of halogens is 1. The van der Waals surface area contributed by atoms with Gasteiger partial charge in [0, 0.05) is 23.2 Å². The van der Waals surface area contributed by atoms with Crippen molar-refractivity contribution in [2.24, 2.45) is 0 Å². The summed E-state index contributed by atoms with van der Waals surface area (Å²) in [6.45, 7) is 2.00. The molecule has 0 saturated heterocycles. The van der Waals surface area contributed by atoms with Crippen molar-refractivity contribution in [2.45, 2.75) is 39.2 Å². The van der Waals surface area contributed by atoms with Crippen LogP contribution in [0, 0.1) is 5.82 Å². The van der Waals surface area contributed by atoms with Crippen molar-refractivity contribution < 1.29 is 14.0 Å². The molecular formula is C21H22FN5O2. The average Bonchev–Trinajstić information content (AvgIpc) is 3.17. The van der Waals surface area contributed by atoms with E-state index in [-0.39, 0.29) is 24.1 Å². The Bertz CT molecular complexity index is 985. The summed E-state index contributed by atoms with van der Waals surface area (Å²) in [6.07, 6.45) is 3.44. The Hall–Kier alpha value is -3.42. The number of nitrogens with one attached hydrogen (secondary N) is 1. The fraction of sp³-hybridized carbons (Fsp3) is 0.286. The van der Waals surface area contributed by atoms with Gasteiger partial charge >= 0.3 is 0 Å². The number of benzene rings is 2. The monoisotopic (exact) mass is 395 g/mol. The van der Waals surface area contributed by atoms with Crippen LogP contribution in [0.2, 0.25) is 0 Å². The number of carbonyl (C=O) groups excluding carboxylic acids is 2. The largest absolute Gasteiger partial charge is 0.326 e. The van der Waals surface area contributed by atoms with Crippen molar-refractivity contribution in [3.05, 3.63) is 59.9 Å². The zero-order valence-electron chi connectivity index (χ0n) is 16.1. The molecule has 0 spiro atoms. The van der Waals surface area contributed by atoms with Crippen LogP contribution in [0.1, 0.15) is 43.0 Å². The van der Waals surface area contributed by atoms with Crippen molar-refractivity contribution >= 4 is 17.4 Å². The number of unbranched alkanes of at least 4 members (excludes halogenated alkanes) is 2. The second-order valence-corrected chi connectivity index (χ2v) is 6.66. The number of anilines is 1. The predicted molar refractivity (Wildman–Crippen MR) is 107 cm³/mol. The molecule has 0 aliphatic rings. The van der Waals surface area contributed by atoms with E-state index in [9.17, 15) is 14.0 Å². The molecule has 1 N–H and O–H groups in total. The number of hydrogen-bond acceptors (Lipinski definition) is 5. The summed E-state index contributed by atoms with van der Waals surface area (Å²) < 4.78 is 13.3. The zero-order chi connectivity index (χ0) is 20.6. The molecule has 1 aromatic heterocycles. The first-order chi connectivity index (χ1) is 14.0. The Balaban J connectivity index is 1.58. The van der Waals surface area contributed by atoms with E-state index in [1.165, 1.54) is 16.9 Å². The molecule has 1 amide bonds. The molecule has 2 aromatic carbocycles. The molecule has 0 atom stereocenters. The number of carbonyl (C=O) groups is 2. The van der Waals surface area contributed by atoms with Gasteiger partial charge in [0.15, 0.2) is 5.78 Å². The zero-order valence-corrected chi connectivity index (χ0v) is 16.1. The molecule has 0 unspecified atom stereocenters. The Morgan fingerprint density at radius 2 is 1.90 bits per heavy atom. The maximum absolute atomic E-state index is 13.3. The Morgan fingerprint density at radius 1 is 1.10 bits per heavy atom. The third kappa shape index (κ3) is 5.78. The van der Waals surface area contributed by atoms with E-state index in [0.717, 1.165) is 19.3 Å². The SMILES string of the molecule is CCCCCC(=O)Nc1ccc(C(=O)Cn2nnc(-c3cccc(F)c3)n2)cc1. The summed E-state index contributed by atoms with van der Waals surface area (Å²) in [7, 11) is 0. The lowest BCUT2D eigenvalue weighted by molar-refractivity contribution is -0.116. The highest BCUT2D eigenvalue weighted by Crippen LogP contribution is 2.15.